The average Bonchev–Trinajstić information content (AvgIpc) is 2.26. The van der Waals surface area contributed by atoms with Crippen molar-refractivity contribution in [2.75, 3.05) is 11.2 Å². The molecule has 106 valence electrons. The molecule has 1 atom stereocenters. The van der Waals surface area contributed by atoms with E-state index in [2.05, 4.69) is 13.8 Å². The molecule has 1 aromatic carbocycles. The van der Waals surface area contributed by atoms with Gasteiger partial charge in [-0.3, -0.25) is 9.89 Å². The molecule has 0 aliphatic carbocycles. The zero-order valence-corrected chi connectivity index (χ0v) is 14.9. The molecule has 1 aliphatic rings. The van der Waals surface area contributed by atoms with Crippen molar-refractivity contribution in [1.82, 2.24) is 0 Å². The van der Waals surface area contributed by atoms with Gasteiger partial charge in [0.05, 0.1) is 5.54 Å². The summed E-state index contributed by atoms with van der Waals surface area (Å²) in [7, 11) is 0. The van der Waals surface area contributed by atoms with Gasteiger partial charge in [-0.05, 0) is 39.2 Å². The van der Waals surface area contributed by atoms with E-state index in [1.807, 2.05) is 48.4 Å². The van der Waals surface area contributed by atoms with Gasteiger partial charge in [-0.25, -0.2) is 0 Å². The van der Waals surface area contributed by atoms with Crippen molar-refractivity contribution < 1.29 is 5.11 Å². The SMILES string of the molecule is CSC1=NC(C)(C)CC(C)(O)N1c1ccccc1.I. The van der Waals surface area contributed by atoms with Crippen LogP contribution in [-0.2, 0) is 0 Å². The number of hydrogen-bond donors (Lipinski definition) is 1. The van der Waals surface area contributed by atoms with Crippen molar-refractivity contribution in [1.29, 1.82) is 0 Å². The van der Waals surface area contributed by atoms with E-state index in [0.29, 0.717) is 6.42 Å². The molecule has 0 saturated carbocycles. The van der Waals surface area contributed by atoms with Crippen LogP contribution in [0.3, 0.4) is 0 Å². The summed E-state index contributed by atoms with van der Waals surface area (Å²) in [5.41, 5.74) is -0.163. The highest BCUT2D eigenvalue weighted by molar-refractivity contribution is 14.0. The Morgan fingerprint density at radius 2 is 1.79 bits per heavy atom. The molecule has 1 unspecified atom stereocenters. The van der Waals surface area contributed by atoms with Crippen LogP contribution in [0, 0.1) is 0 Å². The Hall–Kier alpha value is -0.270. The fraction of sp³-hybridized carbons (Fsp3) is 0.500. The number of aliphatic imine (C=N–C) groups is 1. The van der Waals surface area contributed by atoms with Gasteiger partial charge in [0.25, 0.3) is 0 Å². The monoisotopic (exact) mass is 392 g/mol. The summed E-state index contributed by atoms with van der Waals surface area (Å²) in [5, 5.41) is 11.6. The fourth-order valence-electron chi connectivity index (χ4n) is 2.56. The maximum Gasteiger partial charge on any atom is 0.166 e. The quantitative estimate of drug-likeness (QED) is 0.740. The predicted molar refractivity (Wildman–Crippen MR) is 94.6 cm³/mol. The van der Waals surface area contributed by atoms with Crippen LogP contribution in [0.1, 0.15) is 27.2 Å². The molecule has 0 aromatic heterocycles. The van der Waals surface area contributed by atoms with Gasteiger partial charge >= 0.3 is 0 Å². The first kappa shape index (κ1) is 16.8. The summed E-state index contributed by atoms with van der Waals surface area (Å²) in [6, 6.07) is 9.92. The molecule has 0 bridgehead atoms. The molecule has 0 spiro atoms. The zero-order chi connectivity index (χ0) is 13.4. The highest BCUT2D eigenvalue weighted by atomic mass is 127. The Morgan fingerprint density at radius 3 is 2.32 bits per heavy atom. The van der Waals surface area contributed by atoms with Gasteiger partial charge in [-0.15, -0.1) is 24.0 Å². The van der Waals surface area contributed by atoms with Gasteiger partial charge in [0.1, 0.15) is 5.72 Å². The van der Waals surface area contributed by atoms with Crippen molar-refractivity contribution in [3.05, 3.63) is 30.3 Å². The zero-order valence-electron chi connectivity index (χ0n) is 11.8. The third-order valence-corrected chi connectivity index (χ3v) is 3.67. The third-order valence-electron chi connectivity index (χ3n) is 3.04. The third kappa shape index (κ3) is 3.64. The maximum absolute atomic E-state index is 10.8. The Balaban J connectivity index is 0.00000180. The second-order valence-corrected chi connectivity index (χ2v) is 6.25. The average molecular weight is 392 g/mol. The van der Waals surface area contributed by atoms with Gasteiger partial charge in [-0.2, -0.15) is 0 Å². The molecule has 1 N–H and O–H groups in total. The van der Waals surface area contributed by atoms with Gasteiger partial charge in [0.2, 0.25) is 0 Å². The van der Waals surface area contributed by atoms with Crippen molar-refractivity contribution >= 4 is 46.6 Å². The number of amidine groups is 1. The van der Waals surface area contributed by atoms with E-state index in [-0.39, 0.29) is 29.5 Å². The number of thioether (sulfide) groups is 1. The first-order valence-electron chi connectivity index (χ1n) is 6.07. The number of nitrogens with zero attached hydrogens (tertiary/aromatic N) is 2. The molecule has 5 heteroatoms. The Bertz CT molecular complexity index is 460. The molecule has 0 saturated heterocycles. The molecule has 0 amide bonds. The number of rotatable bonds is 1. The number of anilines is 1. The van der Waals surface area contributed by atoms with E-state index in [1.165, 1.54) is 0 Å². The van der Waals surface area contributed by atoms with Crippen LogP contribution >= 0.6 is 35.7 Å². The maximum atomic E-state index is 10.8. The molecular weight excluding hydrogens is 371 g/mol. The lowest BCUT2D eigenvalue weighted by Crippen LogP contribution is -2.56. The summed E-state index contributed by atoms with van der Waals surface area (Å²) >= 11 is 1.57. The van der Waals surface area contributed by atoms with Crippen LogP contribution in [0.4, 0.5) is 5.69 Å². The first-order chi connectivity index (χ1) is 8.36. The normalized spacial score (nSPS) is 25.5. The summed E-state index contributed by atoms with van der Waals surface area (Å²) in [6.07, 6.45) is 2.60. The largest absolute Gasteiger partial charge is 0.371 e. The Morgan fingerprint density at radius 1 is 1.21 bits per heavy atom. The number of halogens is 1. The van der Waals surface area contributed by atoms with Crippen LogP contribution in [0.15, 0.2) is 35.3 Å². The minimum Gasteiger partial charge on any atom is -0.371 e. The van der Waals surface area contributed by atoms with Crippen molar-refractivity contribution in [2.24, 2.45) is 4.99 Å². The van der Waals surface area contributed by atoms with Crippen LogP contribution in [0.2, 0.25) is 0 Å². The number of aliphatic hydroxyl groups is 1. The van der Waals surface area contributed by atoms with Crippen LogP contribution in [0.5, 0.6) is 0 Å². The summed E-state index contributed by atoms with van der Waals surface area (Å²) in [5.74, 6) is 0. The molecule has 1 aromatic rings. The highest BCUT2D eigenvalue weighted by Crippen LogP contribution is 2.37. The smallest absolute Gasteiger partial charge is 0.166 e. The minimum atomic E-state index is -0.912. The number of benzene rings is 1. The second kappa shape index (κ2) is 6.01. The van der Waals surface area contributed by atoms with E-state index in [1.54, 1.807) is 11.8 Å². The fourth-order valence-corrected chi connectivity index (χ4v) is 3.38. The molecule has 3 nitrogen and oxygen atoms in total. The topological polar surface area (TPSA) is 35.8 Å². The van der Waals surface area contributed by atoms with Crippen molar-refractivity contribution in [2.45, 2.75) is 38.5 Å². The van der Waals surface area contributed by atoms with Crippen LogP contribution < -0.4 is 4.90 Å². The molecular formula is C14H21IN2OS. The molecule has 0 radical (unpaired) electrons. The van der Waals surface area contributed by atoms with Gasteiger partial charge in [-0.1, -0.05) is 30.0 Å². The first-order valence-corrected chi connectivity index (χ1v) is 7.30. The summed E-state index contributed by atoms with van der Waals surface area (Å²) < 4.78 is 0. The molecule has 0 fully saturated rings. The molecule has 1 aliphatic heterocycles. The van der Waals surface area contributed by atoms with E-state index in [9.17, 15) is 5.11 Å². The molecule has 19 heavy (non-hydrogen) atoms. The number of para-hydroxylation sites is 1. The predicted octanol–water partition coefficient (Wildman–Crippen LogP) is 3.72. The van der Waals surface area contributed by atoms with Crippen molar-refractivity contribution in [3.63, 3.8) is 0 Å². The lowest BCUT2D eigenvalue weighted by molar-refractivity contribution is 0.0369. The highest BCUT2D eigenvalue weighted by Gasteiger charge is 2.42. The minimum absolute atomic E-state index is 0. The van der Waals surface area contributed by atoms with Gasteiger partial charge < -0.3 is 5.11 Å². The Labute approximate surface area is 136 Å². The standard InChI is InChI=1S/C14H20N2OS.HI/c1-13(2)10-14(3,17)16(12(15-13)18-4)11-8-6-5-7-9-11;/h5-9,17H,10H2,1-4H3;1H. The van der Waals surface area contributed by atoms with Crippen molar-refractivity contribution in [3.8, 4) is 0 Å². The Kier molecular flexibility index (Phi) is 5.31. The van der Waals surface area contributed by atoms with E-state index in [4.69, 9.17) is 4.99 Å². The molecule has 1 heterocycles. The lowest BCUT2D eigenvalue weighted by Gasteiger charge is -2.46. The summed E-state index contributed by atoms with van der Waals surface area (Å²) in [6.45, 7) is 5.96. The van der Waals surface area contributed by atoms with Crippen LogP contribution in [-0.4, -0.2) is 27.8 Å². The van der Waals surface area contributed by atoms with E-state index < -0.39 is 5.72 Å². The summed E-state index contributed by atoms with van der Waals surface area (Å²) in [4.78, 5) is 6.65. The van der Waals surface area contributed by atoms with E-state index >= 15 is 0 Å². The van der Waals surface area contributed by atoms with E-state index in [0.717, 1.165) is 10.9 Å². The van der Waals surface area contributed by atoms with Gasteiger partial charge in [0, 0.05) is 12.1 Å². The second-order valence-electron chi connectivity index (χ2n) is 5.48. The lowest BCUT2D eigenvalue weighted by atomic mass is 9.91. The van der Waals surface area contributed by atoms with Crippen LogP contribution in [0.25, 0.3) is 0 Å². The number of hydrogen-bond acceptors (Lipinski definition) is 4. The molecule has 2 rings (SSSR count). The van der Waals surface area contributed by atoms with Gasteiger partial charge in [0.15, 0.2) is 5.17 Å².